The monoisotopic (exact) mass is 452 g/mol. The molecule has 0 saturated carbocycles. The van der Waals surface area contributed by atoms with E-state index in [1.54, 1.807) is 12.1 Å². The van der Waals surface area contributed by atoms with E-state index in [0.717, 1.165) is 0 Å². The van der Waals surface area contributed by atoms with Crippen molar-refractivity contribution in [3.05, 3.63) is 29.8 Å². The molecule has 1 aromatic rings. The molecule has 0 radical (unpaired) electrons. The number of amides is 3. The zero-order valence-electron chi connectivity index (χ0n) is 18.4. The predicted molar refractivity (Wildman–Crippen MR) is 115 cm³/mol. The molecular weight excluding hydrogens is 420 g/mol. The number of aliphatic hydroxyl groups excluding tert-OH is 1. The number of carboxylic acids is 1. The number of aliphatic hydroxyl groups is 1. The minimum atomic E-state index is -1.24. The Hall–Kier alpha value is -3.18. The number of aliphatic carboxylic acids is 1. The molecule has 0 saturated heterocycles. The molecule has 0 spiro atoms. The molecule has 0 aliphatic carbocycles. The van der Waals surface area contributed by atoms with E-state index >= 15 is 0 Å². The molecule has 3 amide bonds. The van der Waals surface area contributed by atoms with Crippen LogP contribution < -0.4 is 21.7 Å². The number of hydrogen-bond acceptors (Lipinski definition) is 7. The lowest BCUT2D eigenvalue weighted by molar-refractivity contribution is -0.142. The Labute approximate surface area is 186 Å². The largest absolute Gasteiger partial charge is 0.508 e. The zero-order valence-corrected chi connectivity index (χ0v) is 18.4. The fourth-order valence-corrected chi connectivity index (χ4v) is 2.81. The van der Waals surface area contributed by atoms with Gasteiger partial charge in [-0.25, -0.2) is 4.79 Å². The number of benzene rings is 1. The van der Waals surface area contributed by atoms with Gasteiger partial charge in [0.2, 0.25) is 17.7 Å². The molecule has 8 N–H and O–H groups in total. The molecular formula is C21H32N4O7. The molecule has 11 heteroatoms. The maximum atomic E-state index is 12.8. The van der Waals surface area contributed by atoms with Crippen molar-refractivity contribution in [2.24, 2.45) is 11.7 Å². The molecule has 0 bridgehead atoms. The smallest absolute Gasteiger partial charge is 0.326 e. The molecule has 0 fully saturated rings. The standard InChI is InChI=1S/C21H32N4O7/c1-11(2)8-17(21(31)32)25-18(28)12(3)23-20(30)16(24-19(29)15(22)10-26)9-13-4-6-14(27)7-5-13/h4-7,11-12,15-17,26-27H,8-10,22H2,1-3H3,(H,23,30)(H,24,29)(H,25,28)(H,31,32)/t12-,15+,16+,17+/m1/s1. The van der Waals surface area contributed by atoms with Crippen LogP contribution in [0.1, 0.15) is 32.8 Å². The van der Waals surface area contributed by atoms with E-state index in [2.05, 4.69) is 16.0 Å². The quantitative estimate of drug-likeness (QED) is 0.207. The second kappa shape index (κ2) is 12.6. The van der Waals surface area contributed by atoms with Crippen LogP contribution in [0.4, 0.5) is 0 Å². The van der Waals surface area contributed by atoms with Crippen LogP contribution in [-0.4, -0.2) is 69.8 Å². The number of aromatic hydroxyl groups is 1. The molecule has 178 valence electrons. The van der Waals surface area contributed by atoms with Crippen LogP contribution in [0.5, 0.6) is 5.75 Å². The van der Waals surface area contributed by atoms with Gasteiger partial charge in [0.1, 0.15) is 29.9 Å². The highest BCUT2D eigenvalue weighted by atomic mass is 16.4. The second-order valence-electron chi connectivity index (χ2n) is 7.98. The van der Waals surface area contributed by atoms with Crippen LogP contribution in [0.15, 0.2) is 24.3 Å². The topological polar surface area (TPSA) is 191 Å². The summed E-state index contributed by atoms with van der Waals surface area (Å²) < 4.78 is 0. The normalized spacial score (nSPS) is 14.7. The predicted octanol–water partition coefficient (Wildman–Crippen LogP) is -1.14. The van der Waals surface area contributed by atoms with E-state index < -0.39 is 54.5 Å². The number of carbonyl (C=O) groups is 4. The van der Waals surface area contributed by atoms with Gasteiger partial charge < -0.3 is 37.0 Å². The summed E-state index contributed by atoms with van der Waals surface area (Å²) in [6.45, 7) is 4.41. The van der Waals surface area contributed by atoms with Crippen molar-refractivity contribution in [3.63, 3.8) is 0 Å². The van der Waals surface area contributed by atoms with Gasteiger partial charge in [-0.15, -0.1) is 0 Å². The van der Waals surface area contributed by atoms with Crippen molar-refractivity contribution in [1.82, 2.24) is 16.0 Å². The summed E-state index contributed by atoms with van der Waals surface area (Å²) in [5.74, 6) is -3.27. The van der Waals surface area contributed by atoms with Crippen LogP contribution in [0, 0.1) is 5.92 Å². The summed E-state index contributed by atoms with van der Waals surface area (Å²) in [4.78, 5) is 48.7. The van der Waals surface area contributed by atoms with Crippen molar-refractivity contribution in [2.75, 3.05) is 6.61 Å². The van der Waals surface area contributed by atoms with E-state index in [9.17, 15) is 29.4 Å². The van der Waals surface area contributed by atoms with Gasteiger partial charge in [0, 0.05) is 6.42 Å². The van der Waals surface area contributed by atoms with Crippen LogP contribution in [0.2, 0.25) is 0 Å². The zero-order chi connectivity index (χ0) is 24.4. The van der Waals surface area contributed by atoms with Crippen LogP contribution in [0.25, 0.3) is 0 Å². The molecule has 11 nitrogen and oxygen atoms in total. The number of phenols is 1. The Kier molecular flexibility index (Phi) is 10.6. The minimum absolute atomic E-state index is 0.0233. The Bertz CT molecular complexity index is 798. The Morgan fingerprint density at radius 3 is 1.97 bits per heavy atom. The number of hydrogen-bond donors (Lipinski definition) is 7. The maximum absolute atomic E-state index is 12.8. The molecule has 0 aliphatic rings. The van der Waals surface area contributed by atoms with Gasteiger partial charge in [0.25, 0.3) is 0 Å². The van der Waals surface area contributed by atoms with Crippen molar-refractivity contribution in [2.45, 2.75) is 57.8 Å². The van der Waals surface area contributed by atoms with Gasteiger partial charge in [-0.2, -0.15) is 0 Å². The molecule has 0 aliphatic heterocycles. The molecule has 0 unspecified atom stereocenters. The SMILES string of the molecule is CC(C)C[C@H](NC(=O)[C@@H](C)NC(=O)[C@H](Cc1ccc(O)cc1)NC(=O)[C@@H](N)CO)C(=O)O. The molecule has 32 heavy (non-hydrogen) atoms. The first-order chi connectivity index (χ1) is 14.9. The third-order valence-electron chi connectivity index (χ3n) is 4.62. The summed E-state index contributed by atoms with van der Waals surface area (Å²) >= 11 is 0. The first-order valence-electron chi connectivity index (χ1n) is 10.2. The van der Waals surface area contributed by atoms with Crippen LogP contribution in [0.3, 0.4) is 0 Å². The van der Waals surface area contributed by atoms with Gasteiger partial charge >= 0.3 is 5.97 Å². The lowest BCUT2D eigenvalue weighted by Gasteiger charge is -2.24. The maximum Gasteiger partial charge on any atom is 0.326 e. The lowest BCUT2D eigenvalue weighted by Crippen LogP contribution is -2.57. The highest BCUT2D eigenvalue weighted by Crippen LogP contribution is 2.12. The third-order valence-corrected chi connectivity index (χ3v) is 4.62. The number of nitrogens with one attached hydrogen (secondary N) is 3. The third kappa shape index (κ3) is 8.90. The summed E-state index contributed by atoms with van der Waals surface area (Å²) in [5, 5.41) is 35.1. The Morgan fingerprint density at radius 2 is 1.47 bits per heavy atom. The van der Waals surface area contributed by atoms with Gasteiger partial charge in [-0.05, 0) is 37.0 Å². The molecule has 1 rings (SSSR count). The number of nitrogens with two attached hydrogens (primary N) is 1. The highest BCUT2D eigenvalue weighted by molar-refractivity contribution is 5.94. The molecule has 0 heterocycles. The summed E-state index contributed by atoms with van der Waals surface area (Å²) in [6, 6.07) is 1.41. The first-order valence-corrected chi connectivity index (χ1v) is 10.2. The lowest BCUT2D eigenvalue weighted by atomic mass is 10.0. The summed E-state index contributed by atoms with van der Waals surface area (Å²) in [7, 11) is 0. The van der Waals surface area contributed by atoms with E-state index in [1.165, 1.54) is 19.1 Å². The van der Waals surface area contributed by atoms with E-state index in [1.807, 2.05) is 13.8 Å². The fourth-order valence-electron chi connectivity index (χ4n) is 2.81. The average Bonchev–Trinajstić information content (AvgIpc) is 2.72. The highest BCUT2D eigenvalue weighted by Gasteiger charge is 2.28. The summed E-state index contributed by atoms with van der Waals surface area (Å²) in [5.41, 5.74) is 6.12. The second-order valence-corrected chi connectivity index (χ2v) is 7.98. The van der Waals surface area contributed by atoms with Crippen LogP contribution in [-0.2, 0) is 25.6 Å². The van der Waals surface area contributed by atoms with Gasteiger partial charge in [0.05, 0.1) is 6.61 Å². The first kappa shape index (κ1) is 26.9. The van der Waals surface area contributed by atoms with E-state index in [-0.39, 0.29) is 24.5 Å². The number of carboxylic acid groups (broad SMARTS) is 1. The Balaban J connectivity index is 2.90. The van der Waals surface area contributed by atoms with Gasteiger partial charge in [-0.1, -0.05) is 26.0 Å². The molecule has 4 atom stereocenters. The van der Waals surface area contributed by atoms with Crippen molar-refractivity contribution in [1.29, 1.82) is 0 Å². The summed E-state index contributed by atoms with van der Waals surface area (Å²) in [6.07, 6.45) is 0.246. The van der Waals surface area contributed by atoms with Crippen molar-refractivity contribution >= 4 is 23.7 Å². The molecule has 1 aromatic carbocycles. The molecule has 0 aromatic heterocycles. The van der Waals surface area contributed by atoms with E-state index in [4.69, 9.17) is 10.8 Å². The number of rotatable bonds is 12. The van der Waals surface area contributed by atoms with Gasteiger partial charge in [-0.3, -0.25) is 14.4 Å². The average molecular weight is 453 g/mol. The fraction of sp³-hybridized carbons (Fsp3) is 0.524. The van der Waals surface area contributed by atoms with E-state index in [0.29, 0.717) is 5.56 Å². The van der Waals surface area contributed by atoms with Crippen molar-refractivity contribution in [3.8, 4) is 5.75 Å². The van der Waals surface area contributed by atoms with Gasteiger partial charge in [0.15, 0.2) is 0 Å². The Morgan fingerprint density at radius 1 is 0.906 bits per heavy atom. The number of carbonyl (C=O) groups excluding carboxylic acids is 3. The van der Waals surface area contributed by atoms with Crippen molar-refractivity contribution < 1.29 is 34.5 Å². The number of phenolic OH excluding ortho intramolecular Hbond substituents is 1. The minimum Gasteiger partial charge on any atom is -0.508 e. The van der Waals surface area contributed by atoms with Crippen LogP contribution >= 0.6 is 0 Å².